The third kappa shape index (κ3) is 5.27. The zero-order chi connectivity index (χ0) is 17.4. The minimum Gasteiger partial charge on any atom is -0.493 e. The molecule has 2 rings (SSSR count). The molecule has 0 heterocycles. The van der Waals surface area contributed by atoms with Gasteiger partial charge in [-0.1, -0.05) is 50.2 Å². The SMILES string of the molecule is COc1cccc(CNCCc2ccccc2C)c1OCC(C)C. The van der Waals surface area contributed by atoms with Crippen LogP contribution in [0.2, 0.25) is 0 Å². The van der Waals surface area contributed by atoms with Crippen molar-refractivity contribution in [2.75, 3.05) is 20.3 Å². The number of aryl methyl sites for hydroxylation is 1. The summed E-state index contributed by atoms with van der Waals surface area (Å²) in [6.45, 7) is 8.86. The standard InChI is InChI=1S/C21H29NO2/c1-16(2)15-24-21-19(10-7-11-20(21)23-4)14-22-13-12-18-9-6-5-8-17(18)3/h5-11,16,22H,12-15H2,1-4H3. The average Bonchev–Trinajstić information content (AvgIpc) is 2.58. The highest BCUT2D eigenvalue weighted by Crippen LogP contribution is 2.31. The van der Waals surface area contributed by atoms with Crippen LogP contribution in [-0.4, -0.2) is 20.3 Å². The topological polar surface area (TPSA) is 30.5 Å². The Morgan fingerprint density at radius 1 is 1.00 bits per heavy atom. The summed E-state index contributed by atoms with van der Waals surface area (Å²) in [6.07, 6.45) is 1.03. The van der Waals surface area contributed by atoms with E-state index in [2.05, 4.69) is 56.4 Å². The molecule has 0 saturated heterocycles. The third-order valence-corrected chi connectivity index (χ3v) is 3.99. The summed E-state index contributed by atoms with van der Waals surface area (Å²) in [5.74, 6) is 2.14. The van der Waals surface area contributed by atoms with Crippen molar-refractivity contribution in [3.05, 3.63) is 59.2 Å². The molecule has 0 amide bonds. The summed E-state index contributed by atoms with van der Waals surface area (Å²) in [6, 6.07) is 14.6. The highest BCUT2D eigenvalue weighted by molar-refractivity contribution is 5.46. The number of nitrogens with one attached hydrogen (secondary N) is 1. The zero-order valence-corrected chi connectivity index (χ0v) is 15.3. The summed E-state index contributed by atoms with van der Waals surface area (Å²) in [5, 5.41) is 3.52. The van der Waals surface area contributed by atoms with E-state index < -0.39 is 0 Å². The molecule has 2 aromatic rings. The largest absolute Gasteiger partial charge is 0.493 e. The maximum atomic E-state index is 5.99. The van der Waals surface area contributed by atoms with E-state index in [9.17, 15) is 0 Å². The molecule has 0 bridgehead atoms. The quantitative estimate of drug-likeness (QED) is 0.694. The summed E-state index contributed by atoms with van der Waals surface area (Å²) in [5.41, 5.74) is 3.88. The van der Waals surface area contributed by atoms with Crippen LogP contribution in [0.5, 0.6) is 11.5 Å². The number of benzene rings is 2. The van der Waals surface area contributed by atoms with Crippen LogP contribution in [0, 0.1) is 12.8 Å². The Balaban J connectivity index is 1.95. The van der Waals surface area contributed by atoms with Gasteiger partial charge in [-0.3, -0.25) is 0 Å². The van der Waals surface area contributed by atoms with Crippen molar-refractivity contribution in [2.24, 2.45) is 5.92 Å². The number of hydrogen-bond acceptors (Lipinski definition) is 3. The minimum atomic E-state index is 0.483. The van der Waals surface area contributed by atoms with E-state index in [1.54, 1.807) is 7.11 Å². The molecule has 0 aromatic heterocycles. The summed E-state index contributed by atoms with van der Waals surface area (Å²) >= 11 is 0. The van der Waals surface area contributed by atoms with Crippen molar-refractivity contribution in [3.8, 4) is 11.5 Å². The van der Waals surface area contributed by atoms with Crippen LogP contribution in [0.1, 0.15) is 30.5 Å². The normalized spacial score (nSPS) is 10.9. The molecule has 3 nitrogen and oxygen atoms in total. The molecule has 0 unspecified atom stereocenters. The predicted octanol–water partition coefficient (Wildman–Crippen LogP) is 4.37. The summed E-state index contributed by atoms with van der Waals surface area (Å²) in [7, 11) is 1.69. The van der Waals surface area contributed by atoms with Gasteiger partial charge in [-0.2, -0.15) is 0 Å². The van der Waals surface area contributed by atoms with Crippen LogP contribution in [0.25, 0.3) is 0 Å². The molecule has 1 N–H and O–H groups in total. The van der Waals surface area contributed by atoms with E-state index in [1.807, 2.05) is 12.1 Å². The number of hydrogen-bond donors (Lipinski definition) is 1. The van der Waals surface area contributed by atoms with Crippen LogP contribution in [0.4, 0.5) is 0 Å². The Morgan fingerprint density at radius 2 is 1.75 bits per heavy atom. The van der Waals surface area contributed by atoms with Gasteiger partial charge >= 0.3 is 0 Å². The third-order valence-electron chi connectivity index (χ3n) is 3.99. The lowest BCUT2D eigenvalue weighted by Gasteiger charge is -2.17. The van der Waals surface area contributed by atoms with Gasteiger partial charge in [0.25, 0.3) is 0 Å². The summed E-state index contributed by atoms with van der Waals surface area (Å²) < 4.78 is 11.4. The van der Waals surface area contributed by atoms with Gasteiger partial charge in [0, 0.05) is 12.1 Å². The Morgan fingerprint density at radius 3 is 2.46 bits per heavy atom. The Bertz CT molecular complexity index is 637. The molecule has 2 aromatic carbocycles. The first-order valence-corrected chi connectivity index (χ1v) is 8.65. The monoisotopic (exact) mass is 327 g/mol. The van der Waals surface area contributed by atoms with Crippen molar-refractivity contribution < 1.29 is 9.47 Å². The molecule has 0 aliphatic heterocycles. The number of para-hydroxylation sites is 1. The van der Waals surface area contributed by atoms with E-state index >= 15 is 0 Å². The van der Waals surface area contributed by atoms with Crippen LogP contribution >= 0.6 is 0 Å². The molecule has 0 saturated carbocycles. The number of ether oxygens (including phenoxy) is 2. The van der Waals surface area contributed by atoms with Crippen LogP contribution < -0.4 is 14.8 Å². The first-order valence-electron chi connectivity index (χ1n) is 8.65. The molecule has 0 radical (unpaired) electrons. The Hall–Kier alpha value is -2.00. The van der Waals surface area contributed by atoms with Crippen LogP contribution in [0.3, 0.4) is 0 Å². The van der Waals surface area contributed by atoms with Gasteiger partial charge in [-0.05, 0) is 43.0 Å². The maximum Gasteiger partial charge on any atom is 0.165 e. The maximum absolute atomic E-state index is 5.99. The lowest BCUT2D eigenvalue weighted by molar-refractivity contribution is 0.254. The van der Waals surface area contributed by atoms with Crippen LogP contribution in [-0.2, 0) is 13.0 Å². The van der Waals surface area contributed by atoms with Crippen molar-refractivity contribution >= 4 is 0 Å². The van der Waals surface area contributed by atoms with E-state index in [-0.39, 0.29) is 0 Å². The first kappa shape index (κ1) is 18.3. The fourth-order valence-electron chi connectivity index (χ4n) is 2.61. The predicted molar refractivity (Wildman–Crippen MR) is 99.9 cm³/mol. The van der Waals surface area contributed by atoms with Gasteiger partial charge in [0.15, 0.2) is 11.5 Å². The molecule has 0 spiro atoms. The second-order valence-corrected chi connectivity index (χ2v) is 6.51. The van der Waals surface area contributed by atoms with Gasteiger partial charge in [0.05, 0.1) is 13.7 Å². The first-order chi connectivity index (χ1) is 11.6. The Labute approximate surface area is 146 Å². The number of methoxy groups -OCH3 is 1. The second kappa shape index (κ2) is 9.33. The average molecular weight is 327 g/mol. The molecule has 130 valence electrons. The number of rotatable bonds is 9. The van der Waals surface area contributed by atoms with E-state index in [0.29, 0.717) is 12.5 Å². The van der Waals surface area contributed by atoms with Gasteiger partial charge in [0.1, 0.15) is 0 Å². The Kier molecular flexibility index (Phi) is 7.13. The fraction of sp³-hybridized carbons (Fsp3) is 0.429. The van der Waals surface area contributed by atoms with Crippen molar-refractivity contribution in [3.63, 3.8) is 0 Å². The second-order valence-electron chi connectivity index (χ2n) is 6.51. The van der Waals surface area contributed by atoms with E-state index in [1.165, 1.54) is 11.1 Å². The zero-order valence-electron chi connectivity index (χ0n) is 15.3. The van der Waals surface area contributed by atoms with Gasteiger partial charge < -0.3 is 14.8 Å². The van der Waals surface area contributed by atoms with Gasteiger partial charge in [0.2, 0.25) is 0 Å². The smallest absolute Gasteiger partial charge is 0.165 e. The minimum absolute atomic E-state index is 0.483. The lowest BCUT2D eigenvalue weighted by atomic mass is 10.1. The molecule has 0 aliphatic rings. The van der Waals surface area contributed by atoms with Crippen LogP contribution in [0.15, 0.2) is 42.5 Å². The van der Waals surface area contributed by atoms with Gasteiger partial charge in [-0.15, -0.1) is 0 Å². The highest BCUT2D eigenvalue weighted by atomic mass is 16.5. The molecular weight excluding hydrogens is 298 g/mol. The van der Waals surface area contributed by atoms with E-state index in [4.69, 9.17) is 9.47 Å². The molecule has 0 aliphatic carbocycles. The summed E-state index contributed by atoms with van der Waals surface area (Å²) in [4.78, 5) is 0. The molecule has 24 heavy (non-hydrogen) atoms. The molecular formula is C21H29NO2. The van der Waals surface area contributed by atoms with Crippen molar-refractivity contribution in [1.82, 2.24) is 5.32 Å². The lowest BCUT2D eigenvalue weighted by Crippen LogP contribution is -2.18. The highest BCUT2D eigenvalue weighted by Gasteiger charge is 2.11. The fourth-order valence-corrected chi connectivity index (χ4v) is 2.61. The van der Waals surface area contributed by atoms with Crippen molar-refractivity contribution in [2.45, 2.75) is 33.7 Å². The molecule has 0 atom stereocenters. The molecule has 0 fully saturated rings. The molecule has 3 heteroatoms. The van der Waals surface area contributed by atoms with Gasteiger partial charge in [-0.25, -0.2) is 0 Å². The van der Waals surface area contributed by atoms with E-state index in [0.717, 1.165) is 36.6 Å². The van der Waals surface area contributed by atoms with Crippen molar-refractivity contribution in [1.29, 1.82) is 0 Å².